The molecule has 0 aliphatic heterocycles. The normalized spacial score (nSPS) is 11.9. The Kier molecular flexibility index (Phi) is 6.62. The second kappa shape index (κ2) is 9.49. The maximum atomic E-state index is 13.8. The van der Waals surface area contributed by atoms with E-state index in [4.69, 9.17) is 11.6 Å². The van der Waals surface area contributed by atoms with E-state index in [2.05, 4.69) is 25.0 Å². The highest BCUT2D eigenvalue weighted by atomic mass is 35.5. The molecule has 0 fully saturated rings. The third-order valence-corrected chi connectivity index (χ3v) is 5.08. The third-order valence-electron chi connectivity index (χ3n) is 5.00. The van der Waals surface area contributed by atoms with Gasteiger partial charge in [0.1, 0.15) is 12.1 Å². The molecule has 1 amide bonds. The van der Waals surface area contributed by atoms with Crippen molar-refractivity contribution in [2.45, 2.75) is 31.9 Å². The lowest BCUT2D eigenvalue weighted by atomic mass is 10.0. The van der Waals surface area contributed by atoms with Gasteiger partial charge < -0.3 is 14.6 Å². The number of halogens is 5. The molecule has 0 saturated heterocycles. The van der Waals surface area contributed by atoms with Crippen molar-refractivity contribution >= 4 is 34.2 Å². The lowest BCUT2D eigenvalue weighted by Crippen LogP contribution is -2.16. The van der Waals surface area contributed by atoms with E-state index in [0.29, 0.717) is 16.6 Å². The highest BCUT2D eigenvalue weighted by Crippen LogP contribution is 2.35. The topological polar surface area (TPSA) is 81.9 Å². The van der Waals surface area contributed by atoms with Crippen molar-refractivity contribution in [3.8, 4) is 16.9 Å². The van der Waals surface area contributed by atoms with E-state index >= 15 is 0 Å². The number of imidazole rings is 1. The molecule has 0 aliphatic rings. The molecule has 0 saturated carbocycles. The highest BCUT2D eigenvalue weighted by Gasteiger charge is 2.28. The van der Waals surface area contributed by atoms with Gasteiger partial charge in [0.25, 0.3) is 12.3 Å². The number of carbonyl (C=O) groups is 1. The van der Waals surface area contributed by atoms with Gasteiger partial charge in [-0.25, -0.2) is 23.7 Å². The lowest BCUT2D eigenvalue weighted by molar-refractivity contribution is -0.0964. The van der Waals surface area contributed by atoms with E-state index < -0.39 is 23.7 Å². The fourth-order valence-electron chi connectivity index (χ4n) is 3.66. The van der Waals surface area contributed by atoms with Gasteiger partial charge in [-0.15, -0.1) is 8.78 Å². The molecule has 182 valence electrons. The maximum Gasteiger partial charge on any atom is 0.487 e. The van der Waals surface area contributed by atoms with Crippen molar-refractivity contribution in [3.63, 3.8) is 0 Å². The van der Waals surface area contributed by atoms with Gasteiger partial charge in [0, 0.05) is 52.4 Å². The van der Waals surface area contributed by atoms with Crippen LogP contribution in [0.3, 0.4) is 0 Å². The Morgan fingerprint density at radius 2 is 1.77 bits per heavy atom. The predicted octanol–water partition coefficient (Wildman–Crippen LogP) is 6.43. The molecule has 0 bridgehead atoms. The van der Waals surface area contributed by atoms with Crippen LogP contribution in [-0.4, -0.2) is 31.0 Å². The van der Waals surface area contributed by atoms with Gasteiger partial charge >= 0.3 is 5.57 Å². The highest BCUT2D eigenvalue weighted by molar-refractivity contribution is 6.20. The van der Waals surface area contributed by atoms with Gasteiger partial charge in [-0.05, 0) is 50.2 Å². The largest absolute Gasteiger partial charge is 0.487 e. The van der Waals surface area contributed by atoms with Gasteiger partial charge in [-0.3, -0.25) is 4.79 Å². The zero-order chi connectivity index (χ0) is 25.3. The molecule has 7 nitrogen and oxygen atoms in total. The van der Waals surface area contributed by atoms with Crippen molar-refractivity contribution in [3.05, 3.63) is 66.5 Å². The number of aromatic nitrogens is 4. The molecule has 2 aromatic carbocycles. The average molecular weight is 508 g/mol. The van der Waals surface area contributed by atoms with Gasteiger partial charge in [0.15, 0.2) is 5.82 Å². The molecule has 12 heteroatoms. The molecule has 4 rings (SSSR count). The zero-order valence-corrected chi connectivity index (χ0v) is 19.1. The van der Waals surface area contributed by atoms with Crippen molar-refractivity contribution < 1.29 is 27.1 Å². The minimum atomic E-state index is -3.87. The zero-order valence-electron chi connectivity index (χ0n) is 18.3. The van der Waals surface area contributed by atoms with Crippen LogP contribution in [0.2, 0.25) is 0 Å². The summed E-state index contributed by atoms with van der Waals surface area (Å²) < 4.78 is 58.8. The number of rotatable bonds is 7. The smallest absolute Gasteiger partial charge is 0.420 e. The van der Waals surface area contributed by atoms with Crippen LogP contribution >= 0.6 is 11.6 Å². The summed E-state index contributed by atoms with van der Waals surface area (Å²) in [4.78, 5) is 25.1. The first-order valence-corrected chi connectivity index (χ1v) is 10.7. The maximum absolute atomic E-state index is 13.8. The first-order valence-electron chi connectivity index (χ1n) is 10.3. The monoisotopic (exact) mass is 507 g/mol. The van der Waals surface area contributed by atoms with E-state index in [1.165, 1.54) is 59.7 Å². The molecular formula is C23H18ClF4N5O2. The van der Waals surface area contributed by atoms with Gasteiger partial charge in [0.2, 0.25) is 0 Å². The number of carbonyl (C=O) groups excluding carboxylic acids is 1. The molecule has 0 unspecified atom stereocenters. The van der Waals surface area contributed by atoms with Crippen LogP contribution in [0.4, 0.5) is 23.2 Å². The number of nitrogens with one attached hydrogen (secondary N) is 1. The Morgan fingerprint density at radius 3 is 2.34 bits per heavy atom. The summed E-state index contributed by atoms with van der Waals surface area (Å²) in [5.41, 5.74) is -1.86. The summed E-state index contributed by atoms with van der Waals surface area (Å²) in [7, 11) is 0. The van der Waals surface area contributed by atoms with Crippen LogP contribution in [0.1, 0.15) is 42.5 Å². The molecule has 1 N–H and O–H groups in total. The van der Waals surface area contributed by atoms with Gasteiger partial charge in [-0.2, -0.15) is 0 Å². The molecule has 0 atom stereocenters. The first kappa shape index (κ1) is 24.4. The summed E-state index contributed by atoms with van der Waals surface area (Å²) in [6, 6.07) is 7.73. The van der Waals surface area contributed by atoms with Crippen LogP contribution in [0.5, 0.6) is 5.75 Å². The molecule has 0 aliphatic carbocycles. The van der Waals surface area contributed by atoms with E-state index in [1.807, 2.05) is 0 Å². The van der Waals surface area contributed by atoms with Crippen molar-refractivity contribution in [2.24, 2.45) is 0 Å². The minimum absolute atomic E-state index is 0.137. The first-order chi connectivity index (χ1) is 16.5. The van der Waals surface area contributed by atoms with E-state index in [0.717, 1.165) is 0 Å². The van der Waals surface area contributed by atoms with Crippen LogP contribution in [0.25, 0.3) is 22.2 Å². The summed E-state index contributed by atoms with van der Waals surface area (Å²) in [6.07, 6.45) is 1.51. The SMILES string of the molecule is CC(C)n1c(C(F)F)nc2cc(C(=O)Nc3ccc(OC(F)(F)Cl)cc3)cc(-c3cncnc3)c21. The number of alkyl halides is 5. The average Bonchev–Trinajstić information content (AvgIpc) is 3.20. The Hall–Kier alpha value is -3.73. The molecule has 0 radical (unpaired) electrons. The number of ether oxygens (including phenoxy) is 1. The molecule has 0 spiro atoms. The van der Waals surface area contributed by atoms with E-state index in [-0.39, 0.29) is 28.6 Å². The van der Waals surface area contributed by atoms with Crippen molar-refractivity contribution in [1.82, 2.24) is 19.5 Å². The van der Waals surface area contributed by atoms with Gasteiger partial charge in [0.05, 0.1) is 11.0 Å². The Balaban J connectivity index is 1.76. The second-order valence-corrected chi connectivity index (χ2v) is 8.22. The number of hydrogen-bond acceptors (Lipinski definition) is 5. The summed E-state index contributed by atoms with van der Waals surface area (Å²) >= 11 is 4.75. The molecule has 2 heterocycles. The standard InChI is InChI=1S/C23H18ClF4N5O2/c1-12(2)33-19-17(14-9-29-11-30-10-14)7-13(8-18(19)32-21(33)20(25)26)22(34)31-15-3-5-16(6-4-15)35-23(24,27)28/h3-12,20H,1-2H3,(H,31,34). The summed E-state index contributed by atoms with van der Waals surface area (Å²) in [6.45, 7) is 3.51. The molecule has 2 aromatic heterocycles. The van der Waals surface area contributed by atoms with Crippen LogP contribution in [0.15, 0.2) is 55.1 Å². The minimum Gasteiger partial charge on any atom is -0.420 e. The van der Waals surface area contributed by atoms with E-state index in [1.54, 1.807) is 13.8 Å². The predicted molar refractivity (Wildman–Crippen MR) is 122 cm³/mol. The quantitative estimate of drug-likeness (QED) is 0.230. The number of benzene rings is 2. The van der Waals surface area contributed by atoms with Gasteiger partial charge in [-0.1, -0.05) is 0 Å². The fraction of sp³-hybridized carbons (Fsp3) is 0.217. The number of fused-ring (bicyclic) bond motifs is 1. The van der Waals surface area contributed by atoms with Crippen LogP contribution in [-0.2, 0) is 0 Å². The summed E-state index contributed by atoms with van der Waals surface area (Å²) in [5.74, 6) is -1.19. The van der Waals surface area contributed by atoms with Crippen LogP contribution in [0, 0.1) is 0 Å². The second-order valence-electron chi connectivity index (χ2n) is 7.78. The molecule has 35 heavy (non-hydrogen) atoms. The fourth-order valence-corrected chi connectivity index (χ4v) is 3.75. The number of anilines is 1. The Bertz CT molecular complexity index is 1360. The van der Waals surface area contributed by atoms with Crippen molar-refractivity contribution in [1.29, 1.82) is 0 Å². The number of hydrogen-bond donors (Lipinski definition) is 1. The molecule has 4 aromatic rings. The number of nitrogens with zero attached hydrogens (tertiary/aromatic N) is 4. The summed E-state index contributed by atoms with van der Waals surface area (Å²) in [5, 5.41) is 2.63. The van der Waals surface area contributed by atoms with Crippen LogP contribution < -0.4 is 10.1 Å². The van der Waals surface area contributed by atoms with Crippen molar-refractivity contribution in [2.75, 3.05) is 5.32 Å². The molecular weight excluding hydrogens is 490 g/mol. The lowest BCUT2D eigenvalue weighted by Gasteiger charge is -2.16. The third kappa shape index (κ3) is 5.35. The Labute approximate surface area is 201 Å². The Morgan fingerprint density at radius 1 is 1.11 bits per heavy atom. The number of amides is 1. The van der Waals surface area contributed by atoms with E-state index in [9.17, 15) is 22.4 Å².